The lowest BCUT2D eigenvalue weighted by Crippen LogP contribution is -2.52. The summed E-state index contributed by atoms with van der Waals surface area (Å²) in [5.41, 5.74) is 2.16. The first-order valence-electron chi connectivity index (χ1n) is 9.79. The predicted octanol–water partition coefficient (Wildman–Crippen LogP) is 3.08. The second-order valence-corrected chi connectivity index (χ2v) is 8.40. The summed E-state index contributed by atoms with van der Waals surface area (Å²) in [5, 5.41) is 4.12. The molecule has 0 atom stereocenters. The quantitative estimate of drug-likeness (QED) is 0.543. The Morgan fingerprint density at radius 2 is 2.17 bits per heavy atom. The molecule has 8 nitrogen and oxygen atoms in total. The Balaban J connectivity index is 1.37. The molecule has 0 aromatic carbocycles. The summed E-state index contributed by atoms with van der Waals surface area (Å²) in [6.45, 7) is 1.99. The zero-order chi connectivity index (χ0) is 21.0. The van der Waals surface area contributed by atoms with E-state index in [4.69, 9.17) is 0 Å². The SMILES string of the molecule is CN(C)C(=O)[C@]1(C)C[C@@H](Nc2ncc3c(-c4cc(F)c5nccn5c4)c[nH]c3n2)C1. The lowest BCUT2D eigenvalue weighted by molar-refractivity contribution is -0.143. The third-order valence-electron chi connectivity index (χ3n) is 5.84. The molecule has 1 fully saturated rings. The van der Waals surface area contributed by atoms with E-state index in [0.717, 1.165) is 23.8 Å². The fourth-order valence-electron chi connectivity index (χ4n) is 4.38. The molecule has 0 saturated heterocycles. The molecule has 1 amide bonds. The summed E-state index contributed by atoms with van der Waals surface area (Å²) in [6, 6.07) is 1.62. The van der Waals surface area contributed by atoms with Crippen LogP contribution in [0.2, 0.25) is 0 Å². The fourth-order valence-corrected chi connectivity index (χ4v) is 4.38. The van der Waals surface area contributed by atoms with Crippen molar-refractivity contribution < 1.29 is 9.18 Å². The van der Waals surface area contributed by atoms with Crippen LogP contribution in [-0.2, 0) is 4.79 Å². The summed E-state index contributed by atoms with van der Waals surface area (Å²) in [6.07, 6.45) is 10.1. The molecule has 30 heavy (non-hydrogen) atoms. The van der Waals surface area contributed by atoms with Gasteiger partial charge in [0.25, 0.3) is 0 Å². The van der Waals surface area contributed by atoms with Crippen molar-refractivity contribution in [3.05, 3.63) is 42.9 Å². The second-order valence-electron chi connectivity index (χ2n) is 8.40. The minimum Gasteiger partial charge on any atom is -0.351 e. The number of carbonyl (C=O) groups is 1. The van der Waals surface area contributed by atoms with E-state index in [0.29, 0.717) is 22.8 Å². The molecule has 5 rings (SSSR count). The molecule has 2 N–H and O–H groups in total. The van der Waals surface area contributed by atoms with Gasteiger partial charge in [-0.25, -0.2) is 14.4 Å². The number of nitrogens with one attached hydrogen (secondary N) is 2. The van der Waals surface area contributed by atoms with Gasteiger partial charge in [0.15, 0.2) is 11.5 Å². The number of rotatable bonds is 4. The molecule has 9 heteroatoms. The maximum atomic E-state index is 14.3. The number of hydrogen-bond acceptors (Lipinski definition) is 5. The number of H-pyrrole nitrogens is 1. The third kappa shape index (κ3) is 2.89. The minimum absolute atomic E-state index is 0.146. The van der Waals surface area contributed by atoms with Gasteiger partial charge in [0, 0.05) is 67.6 Å². The average molecular weight is 407 g/mol. The number of pyridine rings is 1. The normalized spacial score (nSPS) is 21.0. The van der Waals surface area contributed by atoms with Gasteiger partial charge in [0.05, 0.1) is 5.41 Å². The fraction of sp³-hybridized carbons (Fsp3) is 0.333. The van der Waals surface area contributed by atoms with Crippen molar-refractivity contribution in [2.45, 2.75) is 25.8 Å². The van der Waals surface area contributed by atoms with Crippen LogP contribution in [0.3, 0.4) is 0 Å². The molecule has 0 radical (unpaired) electrons. The van der Waals surface area contributed by atoms with E-state index in [9.17, 15) is 9.18 Å². The average Bonchev–Trinajstić information content (AvgIpc) is 3.32. The molecule has 4 aromatic heterocycles. The molecule has 1 aliphatic rings. The molecule has 0 bridgehead atoms. The Kier molecular flexibility index (Phi) is 4.02. The standard InChI is InChI=1S/C21H22FN7O/c1-21(19(30)28(2)3)7-13(8-21)26-20-25-10-15-14(9-24-17(15)27-20)12-6-16(22)18-23-4-5-29(18)11-12/h4-6,9-11,13H,7-8H2,1-3H3,(H2,24,25,26,27)/t13-,21-. The third-order valence-corrected chi connectivity index (χ3v) is 5.84. The highest BCUT2D eigenvalue weighted by molar-refractivity contribution is 5.93. The highest BCUT2D eigenvalue weighted by Crippen LogP contribution is 2.43. The van der Waals surface area contributed by atoms with Crippen molar-refractivity contribution in [3.8, 4) is 11.1 Å². The van der Waals surface area contributed by atoms with Crippen LogP contribution in [0, 0.1) is 11.2 Å². The van der Waals surface area contributed by atoms with E-state index in [1.165, 1.54) is 6.07 Å². The van der Waals surface area contributed by atoms with Gasteiger partial charge >= 0.3 is 0 Å². The van der Waals surface area contributed by atoms with Crippen LogP contribution < -0.4 is 5.32 Å². The number of imidazole rings is 1. The molecular formula is C21H22FN7O. The Bertz CT molecular complexity index is 1270. The van der Waals surface area contributed by atoms with Gasteiger partial charge in [-0.1, -0.05) is 6.92 Å². The van der Waals surface area contributed by atoms with Crippen LogP contribution in [0.5, 0.6) is 0 Å². The number of amides is 1. The summed E-state index contributed by atoms with van der Waals surface area (Å²) >= 11 is 0. The zero-order valence-corrected chi connectivity index (χ0v) is 17.0. The van der Waals surface area contributed by atoms with Crippen molar-refractivity contribution in [3.63, 3.8) is 0 Å². The number of halogens is 1. The number of hydrogen-bond donors (Lipinski definition) is 2. The lowest BCUT2D eigenvalue weighted by atomic mass is 9.66. The maximum absolute atomic E-state index is 14.3. The van der Waals surface area contributed by atoms with E-state index in [2.05, 4.69) is 25.3 Å². The number of aromatic nitrogens is 5. The molecule has 154 valence electrons. The monoisotopic (exact) mass is 407 g/mol. The minimum atomic E-state index is -0.383. The lowest BCUT2D eigenvalue weighted by Gasteiger charge is -2.45. The molecular weight excluding hydrogens is 385 g/mol. The summed E-state index contributed by atoms with van der Waals surface area (Å²) in [5.74, 6) is 0.274. The van der Waals surface area contributed by atoms with E-state index in [-0.39, 0.29) is 23.2 Å². The largest absolute Gasteiger partial charge is 0.351 e. The van der Waals surface area contributed by atoms with Crippen LogP contribution >= 0.6 is 0 Å². The highest BCUT2D eigenvalue weighted by Gasteiger charge is 2.47. The predicted molar refractivity (Wildman–Crippen MR) is 111 cm³/mol. The smallest absolute Gasteiger partial charge is 0.228 e. The van der Waals surface area contributed by atoms with E-state index >= 15 is 0 Å². The van der Waals surface area contributed by atoms with Crippen LogP contribution in [-0.4, -0.2) is 55.3 Å². The van der Waals surface area contributed by atoms with Crippen LogP contribution in [0.4, 0.5) is 10.3 Å². The molecule has 0 unspecified atom stereocenters. The number of fused-ring (bicyclic) bond motifs is 2. The summed E-state index contributed by atoms with van der Waals surface area (Å²) in [7, 11) is 3.56. The second kappa shape index (κ2) is 6.51. The number of nitrogens with zero attached hydrogens (tertiary/aromatic N) is 5. The Labute approximate surface area is 172 Å². The van der Waals surface area contributed by atoms with E-state index in [1.807, 2.05) is 13.1 Å². The molecule has 1 aliphatic carbocycles. The maximum Gasteiger partial charge on any atom is 0.228 e. The molecule has 0 aliphatic heterocycles. The van der Waals surface area contributed by atoms with E-state index in [1.54, 1.807) is 48.2 Å². The topological polar surface area (TPSA) is 91.2 Å². The van der Waals surface area contributed by atoms with Gasteiger partial charge in [-0.15, -0.1) is 0 Å². The molecule has 4 heterocycles. The van der Waals surface area contributed by atoms with E-state index < -0.39 is 0 Å². The first kappa shape index (κ1) is 18.5. The number of aromatic amines is 1. The Hall–Kier alpha value is -3.49. The number of anilines is 1. The zero-order valence-electron chi connectivity index (χ0n) is 17.0. The van der Waals surface area contributed by atoms with Crippen molar-refractivity contribution >= 4 is 28.5 Å². The van der Waals surface area contributed by atoms with Crippen molar-refractivity contribution in [2.75, 3.05) is 19.4 Å². The highest BCUT2D eigenvalue weighted by atomic mass is 19.1. The molecule has 4 aromatic rings. The van der Waals surface area contributed by atoms with Gasteiger partial charge in [-0.2, -0.15) is 4.98 Å². The van der Waals surface area contributed by atoms with Gasteiger partial charge in [-0.05, 0) is 18.9 Å². The number of carbonyl (C=O) groups excluding carboxylic acids is 1. The van der Waals surface area contributed by atoms with Gasteiger partial charge in [-0.3, -0.25) is 4.79 Å². The van der Waals surface area contributed by atoms with Crippen molar-refractivity contribution in [2.24, 2.45) is 5.41 Å². The van der Waals surface area contributed by atoms with Gasteiger partial charge in [0.2, 0.25) is 11.9 Å². The Morgan fingerprint density at radius 1 is 1.37 bits per heavy atom. The van der Waals surface area contributed by atoms with Crippen molar-refractivity contribution in [1.29, 1.82) is 0 Å². The van der Waals surface area contributed by atoms with Gasteiger partial charge < -0.3 is 19.6 Å². The summed E-state index contributed by atoms with van der Waals surface area (Å²) < 4.78 is 16.0. The van der Waals surface area contributed by atoms with Crippen LogP contribution in [0.25, 0.3) is 27.8 Å². The molecule has 0 spiro atoms. The summed E-state index contributed by atoms with van der Waals surface area (Å²) in [4.78, 5) is 30.1. The first-order valence-corrected chi connectivity index (χ1v) is 9.79. The Morgan fingerprint density at radius 3 is 2.93 bits per heavy atom. The van der Waals surface area contributed by atoms with Crippen LogP contribution in [0.15, 0.2) is 37.1 Å². The molecule has 1 saturated carbocycles. The van der Waals surface area contributed by atoms with Gasteiger partial charge in [0.1, 0.15) is 5.65 Å². The first-order chi connectivity index (χ1) is 14.3. The van der Waals surface area contributed by atoms with Crippen LogP contribution in [0.1, 0.15) is 19.8 Å². The van der Waals surface area contributed by atoms with Crippen molar-refractivity contribution in [1.82, 2.24) is 29.2 Å².